The molecule has 0 saturated carbocycles. The molecule has 6 nitrogen and oxygen atoms in total. The molecule has 0 aromatic carbocycles. The van der Waals surface area contributed by atoms with Crippen LogP contribution in [-0.4, -0.2) is 51.3 Å². The van der Waals surface area contributed by atoms with Crippen LogP contribution in [-0.2, 0) is 9.31 Å². The molecule has 7 heteroatoms. The highest BCUT2D eigenvalue weighted by Crippen LogP contribution is 2.30. The molecule has 0 bridgehead atoms. The van der Waals surface area contributed by atoms with E-state index in [0.29, 0.717) is 17.9 Å². The first-order chi connectivity index (χ1) is 11.6. The Morgan fingerprint density at radius 1 is 0.885 bits per heavy atom. The summed E-state index contributed by atoms with van der Waals surface area (Å²) in [6.45, 7) is 16.3. The Bertz CT molecular complexity index is 545. The van der Waals surface area contributed by atoms with Crippen LogP contribution >= 0.6 is 0 Å². The van der Waals surface area contributed by atoms with Gasteiger partial charge < -0.3 is 24.3 Å². The Morgan fingerprint density at radius 2 is 1.35 bits per heavy atom. The van der Waals surface area contributed by atoms with E-state index in [0.717, 1.165) is 0 Å². The third kappa shape index (κ3) is 5.68. The van der Waals surface area contributed by atoms with Crippen molar-refractivity contribution in [2.75, 3.05) is 6.61 Å². The van der Waals surface area contributed by atoms with Crippen LogP contribution in [0.4, 0.5) is 0 Å². The van der Waals surface area contributed by atoms with E-state index >= 15 is 0 Å². The van der Waals surface area contributed by atoms with Gasteiger partial charge in [0.1, 0.15) is 0 Å². The summed E-state index contributed by atoms with van der Waals surface area (Å²) in [7, 11) is -0.832. The summed E-state index contributed by atoms with van der Waals surface area (Å²) < 4.78 is 17.7. The van der Waals surface area contributed by atoms with Gasteiger partial charge in [0.2, 0.25) is 5.88 Å². The number of ether oxygens (including phenoxy) is 1. The minimum atomic E-state index is -1.10. The van der Waals surface area contributed by atoms with Crippen LogP contribution in [0.15, 0.2) is 18.3 Å². The molecule has 0 spiro atoms. The summed E-state index contributed by atoms with van der Waals surface area (Å²) in [5.41, 5.74) is -3.36. The Balaban J connectivity index is 3.21. The average molecular weight is 367 g/mol. The Morgan fingerprint density at radius 3 is 1.65 bits per heavy atom. The Labute approximate surface area is 158 Å². The van der Waals surface area contributed by atoms with Crippen molar-refractivity contribution in [2.45, 2.75) is 84.7 Å². The van der Waals surface area contributed by atoms with Crippen molar-refractivity contribution in [1.29, 1.82) is 0 Å². The molecule has 0 aliphatic carbocycles. The first-order valence-corrected chi connectivity index (χ1v) is 9.00. The van der Waals surface area contributed by atoms with Crippen molar-refractivity contribution in [3.8, 4) is 5.88 Å². The number of nitrogens with zero attached hydrogens (tertiary/aromatic N) is 1. The van der Waals surface area contributed by atoms with Crippen molar-refractivity contribution >= 4 is 12.6 Å². The molecule has 2 N–H and O–H groups in total. The highest BCUT2D eigenvalue weighted by molar-refractivity contribution is 6.61. The molecule has 148 valence electrons. The lowest BCUT2D eigenvalue weighted by atomic mass is 9.74. The first-order valence-electron chi connectivity index (χ1n) is 9.00. The highest BCUT2D eigenvalue weighted by atomic mass is 16.6. The molecule has 0 unspecified atom stereocenters. The van der Waals surface area contributed by atoms with Gasteiger partial charge in [-0.1, -0.05) is 6.07 Å². The van der Waals surface area contributed by atoms with Crippen LogP contribution in [0, 0.1) is 0 Å². The lowest BCUT2D eigenvalue weighted by Crippen LogP contribution is -2.58. The number of aromatic nitrogens is 1. The molecule has 1 rings (SSSR count). The molecular weight excluding hydrogens is 333 g/mol. The molecule has 0 aliphatic rings. The molecule has 0 radical (unpaired) electrons. The molecule has 1 aromatic heterocycles. The minimum Gasteiger partial charge on any atom is -0.478 e. The van der Waals surface area contributed by atoms with E-state index in [-0.39, 0.29) is 0 Å². The normalized spacial score (nSPS) is 13.7. The van der Waals surface area contributed by atoms with Gasteiger partial charge in [0, 0.05) is 11.7 Å². The van der Waals surface area contributed by atoms with Crippen LogP contribution in [0.1, 0.15) is 62.3 Å². The van der Waals surface area contributed by atoms with Gasteiger partial charge in [0.05, 0.1) is 29.0 Å². The molecule has 26 heavy (non-hydrogen) atoms. The Kier molecular flexibility index (Phi) is 6.91. The average Bonchev–Trinajstić information content (AvgIpc) is 2.44. The predicted octanol–water partition coefficient (Wildman–Crippen LogP) is 2.31. The second-order valence-electron chi connectivity index (χ2n) is 8.57. The third-order valence-electron chi connectivity index (χ3n) is 5.07. The number of aliphatic hydroxyl groups is 2. The van der Waals surface area contributed by atoms with Gasteiger partial charge in [-0.3, -0.25) is 0 Å². The van der Waals surface area contributed by atoms with Gasteiger partial charge in [0.15, 0.2) is 0 Å². The van der Waals surface area contributed by atoms with E-state index in [1.807, 2.05) is 13.0 Å². The molecule has 0 fully saturated rings. The summed E-state index contributed by atoms with van der Waals surface area (Å²) in [4.78, 5) is 4.27. The maximum atomic E-state index is 10.4. The smallest absolute Gasteiger partial charge is 0.478 e. The quantitative estimate of drug-likeness (QED) is 0.652. The monoisotopic (exact) mass is 367 g/mol. The number of rotatable bonds is 9. The van der Waals surface area contributed by atoms with Gasteiger partial charge >= 0.3 is 7.12 Å². The molecule has 0 aliphatic heterocycles. The summed E-state index contributed by atoms with van der Waals surface area (Å²) >= 11 is 0. The number of hydrogen-bond acceptors (Lipinski definition) is 6. The fraction of sp³-hybridized carbons (Fsp3) is 0.737. The largest absolute Gasteiger partial charge is 0.496 e. The van der Waals surface area contributed by atoms with Crippen molar-refractivity contribution in [2.24, 2.45) is 0 Å². The molecule has 0 amide bonds. The van der Waals surface area contributed by atoms with E-state index in [2.05, 4.69) is 4.98 Å². The zero-order valence-corrected chi connectivity index (χ0v) is 17.6. The van der Waals surface area contributed by atoms with Gasteiger partial charge in [-0.15, -0.1) is 0 Å². The van der Waals surface area contributed by atoms with E-state index in [1.54, 1.807) is 67.7 Å². The first kappa shape index (κ1) is 22.9. The molecule has 1 heterocycles. The van der Waals surface area contributed by atoms with Crippen molar-refractivity contribution in [1.82, 2.24) is 4.98 Å². The Hall–Kier alpha value is -1.15. The molecule has 0 atom stereocenters. The summed E-state index contributed by atoms with van der Waals surface area (Å²) in [5.74, 6) is 0.512. The second kappa shape index (κ2) is 7.84. The minimum absolute atomic E-state index is 0.512. The summed E-state index contributed by atoms with van der Waals surface area (Å²) in [6.07, 6.45) is 1.62. The van der Waals surface area contributed by atoms with Crippen LogP contribution in [0.2, 0.25) is 0 Å². The van der Waals surface area contributed by atoms with Gasteiger partial charge in [-0.05, 0) is 68.4 Å². The van der Waals surface area contributed by atoms with Crippen LogP contribution in [0.3, 0.4) is 0 Å². The fourth-order valence-corrected chi connectivity index (χ4v) is 1.75. The molecule has 1 aromatic rings. The van der Waals surface area contributed by atoms with Gasteiger partial charge in [-0.2, -0.15) is 0 Å². The van der Waals surface area contributed by atoms with Crippen molar-refractivity contribution < 1.29 is 24.3 Å². The van der Waals surface area contributed by atoms with Crippen LogP contribution in [0.5, 0.6) is 5.88 Å². The summed E-state index contributed by atoms with van der Waals surface area (Å²) in [6, 6.07) is 3.55. The SMILES string of the molecule is CCOc1ccc(B(OC(C)(C)C(C)(C)O)OC(C)(C)C(C)(C)O)cn1. The van der Waals surface area contributed by atoms with Crippen molar-refractivity contribution in [3.63, 3.8) is 0 Å². The van der Waals surface area contributed by atoms with E-state index < -0.39 is 29.5 Å². The van der Waals surface area contributed by atoms with Crippen LogP contribution < -0.4 is 10.2 Å². The zero-order valence-electron chi connectivity index (χ0n) is 17.6. The summed E-state index contributed by atoms with van der Waals surface area (Å²) in [5, 5.41) is 20.9. The second-order valence-corrected chi connectivity index (χ2v) is 8.57. The highest BCUT2D eigenvalue weighted by Gasteiger charge is 2.45. The van der Waals surface area contributed by atoms with Gasteiger partial charge in [-0.25, -0.2) is 4.98 Å². The molecular formula is C19H34BNO5. The molecule has 0 saturated heterocycles. The van der Waals surface area contributed by atoms with Gasteiger partial charge in [0.25, 0.3) is 0 Å². The lowest BCUT2D eigenvalue weighted by Gasteiger charge is -2.43. The standard InChI is InChI=1S/C19H34BNO5/c1-10-24-15-12-11-14(13-21-15)20(25-18(6,7)16(2,3)22)26-19(8,9)17(4,5)23/h11-13,22-23H,10H2,1-9H3. The van der Waals surface area contributed by atoms with Crippen LogP contribution in [0.25, 0.3) is 0 Å². The van der Waals surface area contributed by atoms with E-state index in [9.17, 15) is 10.2 Å². The maximum Gasteiger partial charge on any atom is 0.496 e. The number of pyridine rings is 1. The number of hydrogen-bond donors (Lipinski definition) is 2. The predicted molar refractivity (Wildman–Crippen MR) is 104 cm³/mol. The topological polar surface area (TPSA) is 81.0 Å². The lowest BCUT2D eigenvalue weighted by molar-refractivity contribution is -0.132. The third-order valence-corrected chi connectivity index (χ3v) is 5.07. The van der Waals surface area contributed by atoms with Crippen molar-refractivity contribution in [3.05, 3.63) is 18.3 Å². The zero-order chi connectivity index (χ0) is 20.4. The van der Waals surface area contributed by atoms with E-state index in [1.165, 1.54) is 0 Å². The fourth-order valence-electron chi connectivity index (χ4n) is 1.75. The van der Waals surface area contributed by atoms with E-state index in [4.69, 9.17) is 14.0 Å². The maximum absolute atomic E-state index is 10.4.